The van der Waals surface area contributed by atoms with Crippen LogP contribution < -0.4 is 11.1 Å². The number of nitrogens with one attached hydrogen (secondary N) is 1. The Morgan fingerprint density at radius 3 is 2.68 bits per heavy atom. The largest absolute Gasteiger partial charge is 0.449 e. The van der Waals surface area contributed by atoms with Crippen molar-refractivity contribution in [1.29, 1.82) is 0 Å². The molecule has 0 aliphatic heterocycles. The Bertz CT molecular complexity index is 816. The first-order chi connectivity index (χ1) is 11.8. The lowest BCUT2D eigenvalue weighted by molar-refractivity contribution is -0.384. The van der Waals surface area contributed by atoms with E-state index < -0.39 is 22.9 Å². The van der Waals surface area contributed by atoms with Crippen molar-refractivity contribution in [2.24, 2.45) is 0 Å². The molecule has 0 aliphatic rings. The van der Waals surface area contributed by atoms with Crippen LogP contribution in [-0.2, 0) is 9.53 Å². The number of esters is 1. The molecule has 10 nitrogen and oxygen atoms in total. The van der Waals surface area contributed by atoms with Gasteiger partial charge in [-0.1, -0.05) is 12.1 Å². The number of rotatable bonds is 6. The Hall–Kier alpha value is -3.43. The van der Waals surface area contributed by atoms with E-state index in [0.29, 0.717) is 5.76 Å². The number of nitrogens with zero attached hydrogens (tertiary/aromatic N) is 2. The molecule has 2 aromatic rings. The zero-order chi connectivity index (χ0) is 18.6. The number of nitro groups is 1. The third-order valence-corrected chi connectivity index (χ3v) is 3.26. The van der Waals surface area contributed by atoms with Crippen LogP contribution in [0.2, 0.25) is 0 Å². The molecule has 1 aromatic carbocycles. The number of non-ortho nitro benzene ring substituents is 1. The van der Waals surface area contributed by atoms with E-state index in [2.05, 4.69) is 10.5 Å². The zero-order valence-electron chi connectivity index (χ0n) is 13.5. The number of benzene rings is 1. The molecule has 2 rings (SSSR count). The summed E-state index contributed by atoms with van der Waals surface area (Å²) in [6, 6.07) is 4.88. The molecule has 1 amide bonds. The lowest BCUT2D eigenvalue weighted by Crippen LogP contribution is -2.32. The van der Waals surface area contributed by atoms with Gasteiger partial charge in [0, 0.05) is 18.2 Å². The topological polar surface area (TPSA) is 151 Å². The summed E-state index contributed by atoms with van der Waals surface area (Å²) in [4.78, 5) is 34.4. The molecule has 1 atom stereocenters. The third kappa shape index (κ3) is 4.31. The van der Waals surface area contributed by atoms with Gasteiger partial charge in [-0.3, -0.25) is 14.9 Å². The average molecular weight is 348 g/mol. The Morgan fingerprint density at radius 1 is 1.44 bits per heavy atom. The number of aryl methyl sites for hydroxylation is 1. The van der Waals surface area contributed by atoms with Gasteiger partial charge >= 0.3 is 5.97 Å². The number of hydrogen-bond acceptors (Lipinski definition) is 8. The van der Waals surface area contributed by atoms with Gasteiger partial charge in [0.2, 0.25) is 0 Å². The number of amides is 1. The summed E-state index contributed by atoms with van der Waals surface area (Å²) < 4.78 is 9.98. The monoisotopic (exact) mass is 348 g/mol. The zero-order valence-corrected chi connectivity index (χ0v) is 13.5. The van der Waals surface area contributed by atoms with E-state index in [0.717, 1.165) is 12.1 Å². The summed E-state index contributed by atoms with van der Waals surface area (Å²) in [7, 11) is 0. The maximum atomic E-state index is 12.2. The number of nitrogen functional groups attached to an aromatic ring is 1. The van der Waals surface area contributed by atoms with Crippen LogP contribution in [0.15, 0.2) is 28.8 Å². The molecule has 0 saturated heterocycles. The van der Waals surface area contributed by atoms with E-state index in [1.54, 1.807) is 13.8 Å². The van der Waals surface area contributed by atoms with Gasteiger partial charge in [-0.05, 0) is 19.4 Å². The normalized spacial score (nSPS) is 11.6. The van der Waals surface area contributed by atoms with Crippen molar-refractivity contribution in [3.8, 4) is 0 Å². The molecular formula is C15H16N4O6. The van der Waals surface area contributed by atoms with Crippen molar-refractivity contribution in [2.45, 2.75) is 26.4 Å². The number of hydrogen-bond donors (Lipinski definition) is 2. The van der Waals surface area contributed by atoms with Gasteiger partial charge in [0.1, 0.15) is 5.76 Å². The fourth-order valence-electron chi connectivity index (χ4n) is 2.00. The summed E-state index contributed by atoms with van der Waals surface area (Å²) in [6.07, 6.45) is -0.875. The first kappa shape index (κ1) is 17.9. The van der Waals surface area contributed by atoms with Crippen molar-refractivity contribution < 1.29 is 23.8 Å². The van der Waals surface area contributed by atoms with Crippen LogP contribution in [0.4, 0.5) is 17.2 Å². The van der Waals surface area contributed by atoms with Gasteiger partial charge in [0.25, 0.3) is 11.6 Å². The van der Waals surface area contributed by atoms with Crippen molar-refractivity contribution >= 4 is 29.1 Å². The van der Waals surface area contributed by atoms with Gasteiger partial charge in [0.05, 0.1) is 16.2 Å². The summed E-state index contributed by atoms with van der Waals surface area (Å²) in [5, 5.41) is 16.8. The summed E-state index contributed by atoms with van der Waals surface area (Å²) in [5.41, 5.74) is 5.23. The molecule has 1 aromatic heterocycles. The minimum Gasteiger partial charge on any atom is -0.449 e. The Morgan fingerprint density at radius 2 is 2.16 bits per heavy atom. The number of nitrogens with two attached hydrogens (primary N) is 1. The van der Waals surface area contributed by atoms with Crippen LogP contribution in [0.25, 0.3) is 0 Å². The van der Waals surface area contributed by atoms with Crippen LogP contribution in [0.3, 0.4) is 0 Å². The number of aromatic nitrogens is 1. The molecule has 0 fully saturated rings. The first-order valence-corrected chi connectivity index (χ1v) is 7.31. The van der Waals surface area contributed by atoms with E-state index in [4.69, 9.17) is 15.0 Å². The molecule has 0 aliphatic carbocycles. The van der Waals surface area contributed by atoms with Gasteiger partial charge in [-0.15, -0.1) is 0 Å². The van der Waals surface area contributed by atoms with E-state index in [9.17, 15) is 19.7 Å². The molecule has 0 bridgehead atoms. The van der Waals surface area contributed by atoms with E-state index in [1.807, 2.05) is 0 Å². The molecular weight excluding hydrogens is 332 g/mol. The predicted molar refractivity (Wildman–Crippen MR) is 86.9 cm³/mol. The average Bonchev–Trinajstić information content (AvgIpc) is 2.96. The highest BCUT2D eigenvalue weighted by Gasteiger charge is 2.24. The molecule has 0 saturated carbocycles. The highest BCUT2D eigenvalue weighted by Crippen LogP contribution is 2.21. The number of carbonyl (C=O) groups is 2. The van der Waals surface area contributed by atoms with Gasteiger partial charge in [-0.25, -0.2) is 4.79 Å². The van der Waals surface area contributed by atoms with E-state index in [-0.39, 0.29) is 29.2 Å². The van der Waals surface area contributed by atoms with Crippen molar-refractivity contribution in [2.75, 3.05) is 11.1 Å². The lowest BCUT2D eigenvalue weighted by Gasteiger charge is -2.15. The molecule has 0 spiro atoms. The van der Waals surface area contributed by atoms with Gasteiger partial charge in [0.15, 0.2) is 11.9 Å². The Kier molecular flexibility index (Phi) is 5.32. The molecule has 1 heterocycles. The minimum absolute atomic E-state index is 0.0610. The maximum Gasteiger partial charge on any atom is 0.341 e. The Labute approximate surface area is 142 Å². The highest BCUT2D eigenvalue weighted by molar-refractivity contribution is 5.99. The predicted octanol–water partition coefficient (Wildman–Crippen LogP) is 2.05. The van der Waals surface area contributed by atoms with Crippen LogP contribution in [0.1, 0.15) is 29.5 Å². The molecule has 10 heteroatoms. The standard InChI is InChI=1S/C15H16N4O6/c1-3-12(14(20)17-13-6-8(2)25-18-13)24-15(21)10-5-4-9(19(22)23)7-11(10)16/h4-7,12H,3,16H2,1-2H3,(H,17,18,20). The number of carbonyl (C=O) groups excluding carboxylic acids is 2. The molecule has 25 heavy (non-hydrogen) atoms. The lowest BCUT2D eigenvalue weighted by atomic mass is 10.1. The van der Waals surface area contributed by atoms with Crippen molar-refractivity contribution in [3.05, 3.63) is 45.7 Å². The van der Waals surface area contributed by atoms with Gasteiger partial charge < -0.3 is 20.3 Å². The minimum atomic E-state index is -1.08. The van der Waals surface area contributed by atoms with E-state index >= 15 is 0 Å². The van der Waals surface area contributed by atoms with Crippen LogP contribution in [0.5, 0.6) is 0 Å². The number of anilines is 2. The van der Waals surface area contributed by atoms with Crippen molar-refractivity contribution in [3.63, 3.8) is 0 Å². The van der Waals surface area contributed by atoms with Crippen LogP contribution in [-0.4, -0.2) is 28.1 Å². The maximum absolute atomic E-state index is 12.2. The SMILES string of the molecule is CCC(OC(=O)c1ccc([N+](=O)[O-])cc1N)C(=O)Nc1cc(C)on1. The molecule has 0 radical (unpaired) electrons. The quantitative estimate of drug-likeness (QED) is 0.348. The smallest absolute Gasteiger partial charge is 0.341 e. The highest BCUT2D eigenvalue weighted by atomic mass is 16.6. The molecule has 3 N–H and O–H groups in total. The number of nitro benzene ring substituents is 1. The van der Waals surface area contributed by atoms with E-state index in [1.165, 1.54) is 12.1 Å². The second-order valence-electron chi connectivity index (χ2n) is 5.14. The summed E-state index contributed by atoms with van der Waals surface area (Å²) in [6.45, 7) is 3.32. The molecule has 132 valence electrons. The molecule has 1 unspecified atom stereocenters. The third-order valence-electron chi connectivity index (χ3n) is 3.26. The fraction of sp³-hybridized carbons (Fsp3) is 0.267. The first-order valence-electron chi connectivity index (χ1n) is 7.31. The second-order valence-corrected chi connectivity index (χ2v) is 5.14. The van der Waals surface area contributed by atoms with Crippen LogP contribution in [0, 0.1) is 17.0 Å². The summed E-state index contributed by atoms with van der Waals surface area (Å²) in [5.74, 6) is -0.721. The summed E-state index contributed by atoms with van der Waals surface area (Å²) >= 11 is 0. The fourth-order valence-corrected chi connectivity index (χ4v) is 2.00. The Balaban J connectivity index is 2.08. The van der Waals surface area contributed by atoms with Gasteiger partial charge in [-0.2, -0.15) is 0 Å². The van der Waals surface area contributed by atoms with Crippen molar-refractivity contribution in [1.82, 2.24) is 5.16 Å². The second kappa shape index (κ2) is 7.43. The van der Waals surface area contributed by atoms with Crippen LogP contribution >= 0.6 is 0 Å². The number of ether oxygens (including phenoxy) is 1.